The number of nitro benzene ring substituents is 1. The highest BCUT2D eigenvalue weighted by atomic mass is 32.1. The number of fused-ring (bicyclic) bond motifs is 1. The van der Waals surface area contributed by atoms with Crippen LogP contribution < -0.4 is 11.1 Å². The lowest BCUT2D eigenvalue weighted by Crippen LogP contribution is -2.27. The number of aryl methyl sites for hydroxylation is 1. The molecule has 1 unspecified atom stereocenters. The van der Waals surface area contributed by atoms with Gasteiger partial charge >= 0.3 is 0 Å². The van der Waals surface area contributed by atoms with Gasteiger partial charge in [0, 0.05) is 22.1 Å². The predicted molar refractivity (Wildman–Crippen MR) is 114 cm³/mol. The molecule has 3 rings (SSSR count). The average molecular weight is 416 g/mol. The maximum atomic E-state index is 12.7. The SMILES string of the molecule is Cc1cc(C(=O)Nc2sc3c(c2C(N)=O)CCC(C(C)(C)C)C3)ccc1[N+](=O)[O-]. The summed E-state index contributed by atoms with van der Waals surface area (Å²) in [6.45, 7) is 8.22. The molecule has 0 radical (unpaired) electrons. The van der Waals surface area contributed by atoms with Crippen molar-refractivity contribution in [1.82, 2.24) is 0 Å². The molecule has 0 spiro atoms. The van der Waals surface area contributed by atoms with Crippen molar-refractivity contribution in [3.05, 3.63) is 55.4 Å². The first-order chi connectivity index (χ1) is 13.5. The van der Waals surface area contributed by atoms with Crippen LogP contribution in [0.2, 0.25) is 0 Å². The van der Waals surface area contributed by atoms with E-state index in [1.54, 1.807) is 6.92 Å². The number of benzene rings is 1. The van der Waals surface area contributed by atoms with E-state index in [0.717, 1.165) is 29.7 Å². The van der Waals surface area contributed by atoms with Gasteiger partial charge in [0.1, 0.15) is 5.00 Å². The van der Waals surface area contributed by atoms with Crippen LogP contribution in [0.5, 0.6) is 0 Å². The zero-order chi connectivity index (χ0) is 21.5. The quantitative estimate of drug-likeness (QED) is 0.566. The number of hydrogen-bond donors (Lipinski definition) is 2. The molecule has 1 heterocycles. The molecule has 0 aliphatic heterocycles. The van der Waals surface area contributed by atoms with E-state index in [4.69, 9.17) is 5.73 Å². The van der Waals surface area contributed by atoms with Crippen molar-refractivity contribution in [2.75, 3.05) is 5.32 Å². The molecule has 1 aromatic heterocycles. The van der Waals surface area contributed by atoms with Crippen LogP contribution in [0.4, 0.5) is 10.7 Å². The van der Waals surface area contributed by atoms with Gasteiger partial charge in [0.25, 0.3) is 17.5 Å². The van der Waals surface area contributed by atoms with Crippen LogP contribution >= 0.6 is 11.3 Å². The minimum Gasteiger partial charge on any atom is -0.365 e. The Bertz CT molecular complexity index is 1000. The molecule has 7 nitrogen and oxygen atoms in total. The Hall–Kier alpha value is -2.74. The molecule has 1 aliphatic rings. The molecule has 0 bridgehead atoms. The molecule has 1 atom stereocenters. The summed E-state index contributed by atoms with van der Waals surface area (Å²) in [4.78, 5) is 36.5. The van der Waals surface area contributed by atoms with E-state index in [1.807, 2.05) is 0 Å². The van der Waals surface area contributed by atoms with Crippen LogP contribution in [0, 0.1) is 28.4 Å². The van der Waals surface area contributed by atoms with Gasteiger partial charge in [0.2, 0.25) is 0 Å². The maximum absolute atomic E-state index is 12.7. The first-order valence-electron chi connectivity index (χ1n) is 9.49. The van der Waals surface area contributed by atoms with Crippen molar-refractivity contribution in [2.45, 2.75) is 47.0 Å². The number of anilines is 1. The lowest BCUT2D eigenvalue weighted by atomic mass is 9.72. The predicted octanol–water partition coefficient (Wildman–Crippen LogP) is 4.47. The van der Waals surface area contributed by atoms with Crippen LogP contribution in [-0.4, -0.2) is 16.7 Å². The van der Waals surface area contributed by atoms with Gasteiger partial charge in [-0.15, -0.1) is 11.3 Å². The molecule has 2 amide bonds. The third kappa shape index (κ3) is 4.17. The number of carbonyl (C=O) groups excluding carboxylic acids is 2. The summed E-state index contributed by atoms with van der Waals surface area (Å²) in [5, 5.41) is 14.2. The number of nitro groups is 1. The fourth-order valence-corrected chi connectivity index (χ4v) is 5.18. The lowest BCUT2D eigenvalue weighted by Gasteiger charge is -2.33. The van der Waals surface area contributed by atoms with Crippen LogP contribution in [0.3, 0.4) is 0 Å². The molecule has 1 aromatic carbocycles. The van der Waals surface area contributed by atoms with Crippen molar-refractivity contribution in [3.8, 4) is 0 Å². The molecule has 2 aromatic rings. The highest BCUT2D eigenvalue weighted by Crippen LogP contribution is 2.44. The Labute approximate surface area is 173 Å². The summed E-state index contributed by atoms with van der Waals surface area (Å²) in [5.74, 6) is -0.474. The summed E-state index contributed by atoms with van der Waals surface area (Å²) in [6.07, 6.45) is 2.59. The number of nitrogens with two attached hydrogens (primary N) is 1. The first kappa shape index (κ1) is 21.0. The lowest BCUT2D eigenvalue weighted by molar-refractivity contribution is -0.385. The minimum atomic E-state index is -0.549. The summed E-state index contributed by atoms with van der Waals surface area (Å²) in [5.41, 5.74) is 7.78. The topological polar surface area (TPSA) is 115 Å². The standard InChI is InChI=1S/C21H25N3O4S/c1-11-9-12(5-8-15(11)24(27)28)19(26)23-20-17(18(22)25)14-7-6-13(21(2,3)4)10-16(14)29-20/h5,8-9,13H,6-7,10H2,1-4H3,(H2,22,25)(H,23,26). The van der Waals surface area contributed by atoms with Crippen molar-refractivity contribution in [3.63, 3.8) is 0 Å². The van der Waals surface area contributed by atoms with E-state index < -0.39 is 16.7 Å². The Morgan fingerprint density at radius 1 is 1.31 bits per heavy atom. The summed E-state index contributed by atoms with van der Waals surface area (Å²) in [6, 6.07) is 4.20. The molecule has 0 saturated heterocycles. The Kier molecular flexibility index (Phi) is 5.49. The molecular formula is C21H25N3O4S. The second kappa shape index (κ2) is 7.59. The molecular weight excluding hydrogens is 390 g/mol. The second-order valence-corrected chi connectivity index (χ2v) is 9.70. The molecule has 0 fully saturated rings. The Balaban J connectivity index is 1.91. The van der Waals surface area contributed by atoms with Gasteiger partial charge < -0.3 is 11.1 Å². The number of nitrogens with zero attached hydrogens (tertiary/aromatic N) is 1. The van der Waals surface area contributed by atoms with Gasteiger partial charge in [-0.2, -0.15) is 0 Å². The third-order valence-electron chi connectivity index (χ3n) is 5.62. The normalized spacial score (nSPS) is 16.2. The fourth-order valence-electron chi connectivity index (χ4n) is 3.85. The van der Waals surface area contributed by atoms with E-state index >= 15 is 0 Å². The summed E-state index contributed by atoms with van der Waals surface area (Å²) in [7, 11) is 0. The first-order valence-corrected chi connectivity index (χ1v) is 10.3. The van der Waals surface area contributed by atoms with Gasteiger partial charge in [-0.1, -0.05) is 20.8 Å². The number of carbonyl (C=O) groups is 2. The average Bonchev–Trinajstić information content (AvgIpc) is 2.97. The van der Waals surface area contributed by atoms with E-state index in [-0.39, 0.29) is 11.1 Å². The fraction of sp³-hybridized carbons (Fsp3) is 0.429. The van der Waals surface area contributed by atoms with Crippen molar-refractivity contribution < 1.29 is 14.5 Å². The number of primary amides is 1. The van der Waals surface area contributed by atoms with Crippen molar-refractivity contribution >= 4 is 33.8 Å². The Morgan fingerprint density at radius 2 is 2.00 bits per heavy atom. The number of thiophene rings is 1. The molecule has 3 N–H and O–H groups in total. The van der Waals surface area contributed by atoms with Crippen molar-refractivity contribution in [1.29, 1.82) is 0 Å². The number of nitrogens with one attached hydrogen (secondary N) is 1. The monoisotopic (exact) mass is 415 g/mol. The number of amides is 2. The molecule has 1 aliphatic carbocycles. The number of hydrogen-bond acceptors (Lipinski definition) is 5. The maximum Gasteiger partial charge on any atom is 0.272 e. The summed E-state index contributed by atoms with van der Waals surface area (Å²) >= 11 is 1.40. The van der Waals surface area contributed by atoms with Gasteiger partial charge in [0.15, 0.2) is 0 Å². The van der Waals surface area contributed by atoms with E-state index in [2.05, 4.69) is 26.1 Å². The molecule has 8 heteroatoms. The van der Waals surface area contributed by atoms with Gasteiger partial charge in [-0.3, -0.25) is 19.7 Å². The van der Waals surface area contributed by atoms with Gasteiger partial charge in [-0.05, 0) is 55.2 Å². The smallest absolute Gasteiger partial charge is 0.272 e. The van der Waals surface area contributed by atoms with Crippen molar-refractivity contribution in [2.24, 2.45) is 17.1 Å². The summed E-state index contributed by atoms with van der Waals surface area (Å²) < 4.78 is 0. The van der Waals surface area contributed by atoms with E-state index in [1.165, 1.54) is 29.5 Å². The molecule has 154 valence electrons. The van der Waals surface area contributed by atoms with Gasteiger partial charge in [0.05, 0.1) is 10.5 Å². The van der Waals surface area contributed by atoms with Crippen LogP contribution in [0.15, 0.2) is 18.2 Å². The minimum absolute atomic E-state index is 0.0424. The van der Waals surface area contributed by atoms with E-state index in [0.29, 0.717) is 27.6 Å². The van der Waals surface area contributed by atoms with Crippen LogP contribution in [0.1, 0.15) is 63.9 Å². The zero-order valence-corrected chi connectivity index (χ0v) is 17.8. The highest BCUT2D eigenvalue weighted by molar-refractivity contribution is 7.17. The van der Waals surface area contributed by atoms with E-state index in [9.17, 15) is 19.7 Å². The van der Waals surface area contributed by atoms with Crippen LogP contribution in [0.25, 0.3) is 0 Å². The molecule has 0 saturated carbocycles. The number of rotatable bonds is 4. The van der Waals surface area contributed by atoms with Gasteiger partial charge in [-0.25, -0.2) is 0 Å². The second-order valence-electron chi connectivity index (χ2n) is 8.59. The Morgan fingerprint density at radius 3 is 2.55 bits per heavy atom. The molecule has 29 heavy (non-hydrogen) atoms. The highest BCUT2D eigenvalue weighted by Gasteiger charge is 2.33. The van der Waals surface area contributed by atoms with Crippen LogP contribution in [-0.2, 0) is 12.8 Å². The zero-order valence-electron chi connectivity index (χ0n) is 17.0. The largest absolute Gasteiger partial charge is 0.365 e. The third-order valence-corrected chi connectivity index (χ3v) is 6.79.